The Hall–Kier alpha value is -2.34. The van der Waals surface area contributed by atoms with Crippen LogP contribution in [0.15, 0.2) is 24.4 Å². The Labute approximate surface area is 136 Å². The van der Waals surface area contributed by atoms with Crippen LogP contribution in [0.3, 0.4) is 0 Å². The molecule has 0 radical (unpaired) electrons. The Kier molecular flexibility index (Phi) is 4.62. The summed E-state index contributed by atoms with van der Waals surface area (Å²) in [6, 6.07) is 5.84. The second kappa shape index (κ2) is 6.83. The normalized spacial score (nSPS) is 14.8. The molecule has 122 valence electrons. The van der Waals surface area contributed by atoms with Crippen molar-refractivity contribution in [3.05, 3.63) is 30.1 Å². The molecular weight excluding hydrogens is 292 g/mol. The molecule has 0 saturated carbocycles. The molecule has 0 spiro atoms. The van der Waals surface area contributed by atoms with Crippen LogP contribution in [0.1, 0.15) is 12.6 Å². The summed E-state index contributed by atoms with van der Waals surface area (Å²) >= 11 is 0. The minimum atomic E-state index is 0.608. The molecule has 2 aromatic rings. The number of morpholine rings is 1. The van der Waals surface area contributed by atoms with Crippen molar-refractivity contribution in [3.8, 4) is 17.0 Å². The van der Waals surface area contributed by atoms with Gasteiger partial charge < -0.3 is 20.1 Å². The summed E-state index contributed by atoms with van der Waals surface area (Å²) in [6.45, 7) is 7.57. The fourth-order valence-electron chi connectivity index (χ4n) is 2.66. The highest BCUT2D eigenvalue weighted by Crippen LogP contribution is 2.32. The average molecular weight is 314 g/mol. The van der Waals surface area contributed by atoms with E-state index in [4.69, 9.17) is 20.2 Å². The van der Waals surface area contributed by atoms with Crippen molar-refractivity contribution in [3.63, 3.8) is 0 Å². The number of nitrogen functional groups attached to an aromatic ring is 1. The molecular formula is C17H22N4O2. The van der Waals surface area contributed by atoms with Gasteiger partial charge in [0.25, 0.3) is 0 Å². The lowest BCUT2D eigenvalue weighted by Crippen LogP contribution is -2.37. The lowest BCUT2D eigenvalue weighted by atomic mass is 10.1. The first-order chi connectivity index (χ1) is 11.2. The molecule has 0 aromatic carbocycles. The van der Waals surface area contributed by atoms with Gasteiger partial charge in [-0.15, -0.1) is 0 Å². The van der Waals surface area contributed by atoms with Crippen molar-refractivity contribution < 1.29 is 9.47 Å². The Morgan fingerprint density at radius 1 is 1.30 bits per heavy atom. The van der Waals surface area contributed by atoms with Crippen LogP contribution in [0.4, 0.5) is 11.5 Å². The lowest BCUT2D eigenvalue weighted by molar-refractivity contribution is 0.122. The molecule has 0 unspecified atom stereocenters. The monoisotopic (exact) mass is 314 g/mol. The molecule has 23 heavy (non-hydrogen) atoms. The van der Waals surface area contributed by atoms with Gasteiger partial charge in [-0.3, -0.25) is 4.98 Å². The molecule has 6 nitrogen and oxygen atoms in total. The largest absolute Gasteiger partial charge is 0.490 e. The highest BCUT2D eigenvalue weighted by atomic mass is 16.5. The molecule has 1 aliphatic heterocycles. The van der Waals surface area contributed by atoms with Crippen LogP contribution in [-0.2, 0) is 4.74 Å². The number of hydrogen-bond donors (Lipinski definition) is 1. The van der Waals surface area contributed by atoms with Crippen LogP contribution in [0.5, 0.6) is 5.75 Å². The zero-order chi connectivity index (χ0) is 16.2. The number of pyridine rings is 2. The minimum absolute atomic E-state index is 0.608. The highest BCUT2D eigenvalue weighted by Gasteiger charge is 2.19. The first kappa shape index (κ1) is 15.6. The van der Waals surface area contributed by atoms with Crippen molar-refractivity contribution in [2.45, 2.75) is 13.8 Å². The molecule has 0 bridgehead atoms. The van der Waals surface area contributed by atoms with Gasteiger partial charge in [0, 0.05) is 24.3 Å². The van der Waals surface area contributed by atoms with Gasteiger partial charge in [-0.2, -0.15) is 0 Å². The Balaban J connectivity index is 2.03. The van der Waals surface area contributed by atoms with E-state index in [1.165, 1.54) is 0 Å². The van der Waals surface area contributed by atoms with Crippen LogP contribution in [0.25, 0.3) is 11.3 Å². The molecule has 1 saturated heterocycles. The molecule has 0 aliphatic carbocycles. The summed E-state index contributed by atoms with van der Waals surface area (Å²) in [5.41, 5.74) is 9.22. The molecule has 3 heterocycles. The van der Waals surface area contributed by atoms with Crippen molar-refractivity contribution >= 4 is 11.5 Å². The van der Waals surface area contributed by atoms with E-state index in [-0.39, 0.29) is 0 Å². The number of aryl methyl sites for hydroxylation is 1. The SMILES string of the molecule is CCOc1ccc(-c2cc(N)cnc2C)nc1N1CCOCC1. The quantitative estimate of drug-likeness (QED) is 0.933. The molecule has 0 atom stereocenters. The number of nitrogens with two attached hydrogens (primary N) is 1. The van der Waals surface area contributed by atoms with Crippen molar-refractivity contribution in [1.82, 2.24) is 9.97 Å². The molecule has 0 amide bonds. The van der Waals surface area contributed by atoms with Crippen LogP contribution < -0.4 is 15.4 Å². The molecule has 3 rings (SSSR count). The van der Waals surface area contributed by atoms with Gasteiger partial charge >= 0.3 is 0 Å². The van der Waals surface area contributed by atoms with Gasteiger partial charge in [-0.1, -0.05) is 0 Å². The Bertz CT molecular complexity index is 684. The summed E-state index contributed by atoms with van der Waals surface area (Å²) in [7, 11) is 0. The second-order valence-corrected chi connectivity index (χ2v) is 5.45. The van der Waals surface area contributed by atoms with Gasteiger partial charge in [0.05, 0.1) is 37.4 Å². The zero-order valence-electron chi connectivity index (χ0n) is 13.6. The summed E-state index contributed by atoms with van der Waals surface area (Å²) in [5, 5.41) is 0. The van der Waals surface area contributed by atoms with Gasteiger partial charge in [0.2, 0.25) is 0 Å². The molecule has 2 N–H and O–H groups in total. The molecule has 1 fully saturated rings. The number of aromatic nitrogens is 2. The smallest absolute Gasteiger partial charge is 0.172 e. The predicted molar refractivity (Wildman–Crippen MR) is 90.8 cm³/mol. The van der Waals surface area contributed by atoms with E-state index >= 15 is 0 Å². The number of ether oxygens (including phenoxy) is 2. The van der Waals surface area contributed by atoms with E-state index in [0.717, 1.165) is 41.6 Å². The number of rotatable bonds is 4. The number of nitrogens with zero attached hydrogens (tertiary/aromatic N) is 3. The van der Waals surface area contributed by atoms with Gasteiger partial charge in [-0.25, -0.2) is 4.98 Å². The second-order valence-electron chi connectivity index (χ2n) is 5.45. The fourth-order valence-corrected chi connectivity index (χ4v) is 2.66. The first-order valence-corrected chi connectivity index (χ1v) is 7.88. The third-order valence-corrected chi connectivity index (χ3v) is 3.83. The van der Waals surface area contributed by atoms with E-state index in [9.17, 15) is 0 Å². The standard InChI is InChI=1S/C17H22N4O2/c1-3-23-16-5-4-15(14-10-13(18)11-19-12(14)2)20-17(16)21-6-8-22-9-7-21/h4-5,10-11H,3,6-9,18H2,1-2H3. The first-order valence-electron chi connectivity index (χ1n) is 7.88. The summed E-state index contributed by atoms with van der Waals surface area (Å²) in [5.74, 6) is 1.65. The third kappa shape index (κ3) is 3.37. The maximum atomic E-state index is 5.88. The van der Waals surface area contributed by atoms with Crippen LogP contribution in [0, 0.1) is 6.92 Å². The summed E-state index contributed by atoms with van der Waals surface area (Å²) in [6.07, 6.45) is 1.66. The van der Waals surface area contributed by atoms with Crippen LogP contribution in [0.2, 0.25) is 0 Å². The van der Waals surface area contributed by atoms with E-state index in [0.29, 0.717) is 25.5 Å². The topological polar surface area (TPSA) is 73.5 Å². The van der Waals surface area contributed by atoms with Gasteiger partial charge in [0.15, 0.2) is 11.6 Å². The predicted octanol–water partition coefficient (Wildman–Crippen LogP) is 2.27. The van der Waals surface area contributed by atoms with E-state index in [2.05, 4.69) is 9.88 Å². The summed E-state index contributed by atoms with van der Waals surface area (Å²) < 4.78 is 11.2. The van der Waals surface area contributed by atoms with Gasteiger partial charge in [0.1, 0.15) is 0 Å². The molecule has 6 heteroatoms. The van der Waals surface area contributed by atoms with E-state index < -0.39 is 0 Å². The maximum Gasteiger partial charge on any atom is 0.172 e. The fraction of sp³-hybridized carbons (Fsp3) is 0.412. The van der Waals surface area contributed by atoms with Gasteiger partial charge in [-0.05, 0) is 32.0 Å². The van der Waals surface area contributed by atoms with E-state index in [1.54, 1.807) is 6.20 Å². The lowest BCUT2D eigenvalue weighted by Gasteiger charge is -2.29. The van der Waals surface area contributed by atoms with Crippen molar-refractivity contribution in [1.29, 1.82) is 0 Å². The molecule has 2 aromatic heterocycles. The molecule has 1 aliphatic rings. The van der Waals surface area contributed by atoms with E-state index in [1.807, 2.05) is 32.0 Å². The number of hydrogen-bond acceptors (Lipinski definition) is 6. The Morgan fingerprint density at radius 2 is 2.09 bits per heavy atom. The highest BCUT2D eigenvalue weighted by molar-refractivity contribution is 5.69. The maximum absolute atomic E-state index is 5.88. The summed E-state index contributed by atoms with van der Waals surface area (Å²) in [4.78, 5) is 11.4. The van der Waals surface area contributed by atoms with Crippen LogP contribution >= 0.6 is 0 Å². The van der Waals surface area contributed by atoms with Crippen LogP contribution in [-0.4, -0.2) is 42.9 Å². The van der Waals surface area contributed by atoms with Crippen molar-refractivity contribution in [2.75, 3.05) is 43.5 Å². The third-order valence-electron chi connectivity index (χ3n) is 3.83. The van der Waals surface area contributed by atoms with Crippen molar-refractivity contribution in [2.24, 2.45) is 0 Å². The zero-order valence-corrected chi connectivity index (χ0v) is 13.6. The Morgan fingerprint density at radius 3 is 2.83 bits per heavy atom. The average Bonchev–Trinajstić information content (AvgIpc) is 2.58. The minimum Gasteiger partial charge on any atom is -0.490 e. The number of anilines is 2.